The number of amides is 1. The first-order valence-corrected chi connectivity index (χ1v) is 7.21. The molecular weight excluding hydrogens is 298 g/mol. The number of nitrogens with one attached hydrogen (secondary N) is 1. The van der Waals surface area contributed by atoms with Gasteiger partial charge in [-0.15, -0.1) is 11.3 Å². The summed E-state index contributed by atoms with van der Waals surface area (Å²) in [5.41, 5.74) is -0.831. The lowest BCUT2D eigenvalue weighted by atomic mass is 10.0. The number of benzene rings is 1. The first-order chi connectivity index (χ1) is 9.30. The predicted molar refractivity (Wildman–Crippen MR) is 80.6 cm³/mol. The molecule has 2 N–H and O–H groups in total. The van der Waals surface area contributed by atoms with E-state index >= 15 is 0 Å². The normalized spacial score (nSPS) is 11.6. The first kappa shape index (κ1) is 14.8. The zero-order valence-electron chi connectivity index (χ0n) is 11.1. The number of hydrogen-bond acceptors (Lipinski definition) is 3. The summed E-state index contributed by atoms with van der Waals surface area (Å²) in [6, 6.07) is 7.49. The molecule has 2 rings (SSSR count). The second-order valence-electron chi connectivity index (χ2n) is 5.15. The van der Waals surface area contributed by atoms with Gasteiger partial charge in [-0.3, -0.25) is 9.59 Å². The highest BCUT2D eigenvalue weighted by atomic mass is 35.5. The Balaban J connectivity index is 2.28. The molecule has 0 aliphatic rings. The lowest BCUT2D eigenvalue weighted by molar-refractivity contribution is -0.138. The minimum atomic E-state index is -0.960. The summed E-state index contributed by atoms with van der Waals surface area (Å²) < 4.78 is 0.929. The molecule has 0 bridgehead atoms. The Kier molecular flexibility index (Phi) is 4.01. The largest absolute Gasteiger partial charge is 0.481 e. The van der Waals surface area contributed by atoms with Gasteiger partial charge in [0.2, 0.25) is 0 Å². The molecule has 1 aromatic heterocycles. The van der Waals surface area contributed by atoms with Crippen molar-refractivity contribution in [3.8, 4) is 0 Å². The molecule has 0 unspecified atom stereocenters. The maximum Gasteiger partial charge on any atom is 0.305 e. The van der Waals surface area contributed by atoms with Crippen LogP contribution in [0.15, 0.2) is 24.3 Å². The van der Waals surface area contributed by atoms with Gasteiger partial charge in [0.15, 0.2) is 0 Å². The molecule has 2 aromatic rings. The highest BCUT2D eigenvalue weighted by Gasteiger charge is 2.26. The van der Waals surface area contributed by atoms with E-state index in [-0.39, 0.29) is 12.3 Å². The standard InChI is InChI=1S/C14H14ClNO3S/c1-14(2,7-10(17)18)16-13(19)12-11(15)8-5-3-4-6-9(8)20-12/h3-6H,7H2,1-2H3,(H,16,19)(H,17,18). The van der Waals surface area contributed by atoms with Gasteiger partial charge in [0.1, 0.15) is 4.88 Å². The van der Waals surface area contributed by atoms with E-state index in [1.807, 2.05) is 24.3 Å². The molecule has 6 heteroatoms. The molecule has 0 aliphatic carbocycles. The SMILES string of the molecule is CC(C)(CC(=O)O)NC(=O)c1sc2ccccc2c1Cl. The molecule has 1 aromatic carbocycles. The van der Waals surface area contributed by atoms with E-state index in [2.05, 4.69) is 5.32 Å². The summed E-state index contributed by atoms with van der Waals surface area (Å²) in [6.07, 6.45) is -0.152. The second-order valence-corrected chi connectivity index (χ2v) is 6.58. The zero-order valence-corrected chi connectivity index (χ0v) is 12.6. The Morgan fingerprint density at radius 1 is 1.35 bits per heavy atom. The van der Waals surface area contributed by atoms with Crippen LogP contribution in [0.5, 0.6) is 0 Å². The third-order valence-electron chi connectivity index (χ3n) is 2.79. The number of thiophene rings is 1. The maximum absolute atomic E-state index is 12.3. The van der Waals surface area contributed by atoms with Gasteiger partial charge in [0, 0.05) is 15.6 Å². The minimum absolute atomic E-state index is 0.152. The number of aliphatic carboxylic acids is 1. The van der Waals surface area contributed by atoms with Crippen molar-refractivity contribution >= 4 is 44.9 Å². The molecule has 0 spiro atoms. The van der Waals surface area contributed by atoms with E-state index < -0.39 is 11.5 Å². The van der Waals surface area contributed by atoms with Crippen molar-refractivity contribution in [2.45, 2.75) is 25.8 Å². The van der Waals surface area contributed by atoms with Crippen LogP contribution in [-0.4, -0.2) is 22.5 Å². The maximum atomic E-state index is 12.3. The quantitative estimate of drug-likeness (QED) is 0.907. The van der Waals surface area contributed by atoms with Gasteiger partial charge >= 0.3 is 5.97 Å². The summed E-state index contributed by atoms with van der Waals surface area (Å²) in [7, 11) is 0. The highest BCUT2D eigenvalue weighted by molar-refractivity contribution is 7.21. The second kappa shape index (κ2) is 5.42. The Morgan fingerprint density at radius 2 is 2.00 bits per heavy atom. The molecule has 0 aliphatic heterocycles. The number of rotatable bonds is 4. The molecule has 0 radical (unpaired) electrons. The monoisotopic (exact) mass is 311 g/mol. The van der Waals surface area contributed by atoms with Crippen LogP contribution in [0.1, 0.15) is 29.9 Å². The number of carbonyl (C=O) groups is 2. The lowest BCUT2D eigenvalue weighted by Gasteiger charge is -2.23. The van der Waals surface area contributed by atoms with Crippen LogP contribution in [0, 0.1) is 0 Å². The topological polar surface area (TPSA) is 66.4 Å². The molecule has 106 valence electrons. The fourth-order valence-electron chi connectivity index (χ4n) is 1.95. The van der Waals surface area contributed by atoms with E-state index in [1.165, 1.54) is 11.3 Å². The third-order valence-corrected chi connectivity index (χ3v) is 4.46. The predicted octanol–water partition coefficient (Wildman–Crippen LogP) is 3.54. The summed E-state index contributed by atoms with van der Waals surface area (Å²) in [6.45, 7) is 3.33. The van der Waals surface area contributed by atoms with E-state index in [1.54, 1.807) is 13.8 Å². The van der Waals surface area contributed by atoms with Crippen molar-refractivity contribution in [3.05, 3.63) is 34.2 Å². The zero-order chi connectivity index (χ0) is 14.9. The summed E-state index contributed by atoms with van der Waals surface area (Å²) in [4.78, 5) is 23.4. The summed E-state index contributed by atoms with van der Waals surface area (Å²) >= 11 is 7.52. The van der Waals surface area contributed by atoms with E-state index in [0.717, 1.165) is 10.1 Å². The van der Waals surface area contributed by atoms with Gasteiger partial charge in [-0.1, -0.05) is 29.8 Å². The fourth-order valence-corrected chi connectivity index (χ4v) is 3.36. The lowest BCUT2D eigenvalue weighted by Crippen LogP contribution is -2.44. The molecule has 1 heterocycles. The van der Waals surface area contributed by atoms with Gasteiger partial charge in [-0.25, -0.2) is 0 Å². The average Bonchev–Trinajstić information content (AvgIpc) is 2.65. The highest BCUT2D eigenvalue weighted by Crippen LogP contribution is 2.35. The molecule has 0 fully saturated rings. The number of hydrogen-bond donors (Lipinski definition) is 2. The van der Waals surface area contributed by atoms with Crippen LogP contribution in [0.4, 0.5) is 0 Å². The smallest absolute Gasteiger partial charge is 0.305 e. The molecule has 0 saturated carbocycles. The van der Waals surface area contributed by atoms with Gasteiger partial charge < -0.3 is 10.4 Å². The van der Waals surface area contributed by atoms with Gasteiger partial charge in [-0.2, -0.15) is 0 Å². The number of carbonyl (C=O) groups excluding carboxylic acids is 1. The number of fused-ring (bicyclic) bond motifs is 1. The van der Waals surface area contributed by atoms with E-state index in [4.69, 9.17) is 16.7 Å². The van der Waals surface area contributed by atoms with Gasteiger partial charge in [0.25, 0.3) is 5.91 Å². The van der Waals surface area contributed by atoms with Gasteiger partial charge in [0.05, 0.1) is 11.4 Å². The van der Waals surface area contributed by atoms with Crippen molar-refractivity contribution in [1.82, 2.24) is 5.32 Å². The molecular formula is C14H14ClNO3S. The van der Waals surface area contributed by atoms with Crippen LogP contribution in [0.25, 0.3) is 10.1 Å². The van der Waals surface area contributed by atoms with Crippen molar-refractivity contribution < 1.29 is 14.7 Å². The Hall–Kier alpha value is -1.59. The van der Waals surface area contributed by atoms with E-state index in [9.17, 15) is 9.59 Å². The third kappa shape index (κ3) is 3.11. The van der Waals surface area contributed by atoms with Crippen LogP contribution in [-0.2, 0) is 4.79 Å². The van der Waals surface area contributed by atoms with Crippen LogP contribution in [0.2, 0.25) is 5.02 Å². The van der Waals surface area contributed by atoms with Crippen molar-refractivity contribution in [1.29, 1.82) is 0 Å². The average molecular weight is 312 g/mol. The molecule has 0 saturated heterocycles. The number of carboxylic acid groups (broad SMARTS) is 1. The van der Waals surface area contributed by atoms with E-state index in [0.29, 0.717) is 9.90 Å². The molecule has 1 amide bonds. The molecule has 20 heavy (non-hydrogen) atoms. The first-order valence-electron chi connectivity index (χ1n) is 6.01. The summed E-state index contributed by atoms with van der Waals surface area (Å²) in [5, 5.41) is 12.8. The number of halogens is 1. The minimum Gasteiger partial charge on any atom is -0.481 e. The van der Waals surface area contributed by atoms with Crippen LogP contribution in [0.3, 0.4) is 0 Å². The Labute approximate surface area is 125 Å². The van der Waals surface area contributed by atoms with Crippen molar-refractivity contribution in [2.24, 2.45) is 0 Å². The Bertz CT molecular complexity index is 678. The number of carboxylic acids is 1. The Morgan fingerprint density at radius 3 is 2.60 bits per heavy atom. The van der Waals surface area contributed by atoms with Crippen LogP contribution < -0.4 is 5.32 Å². The fraction of sp³-hybridized carbons (Fsp3) is 0.286. The van der Waals surface area contributed by atoms with Crippen LogP contribution >= 0.6 is 22.9 Å². The van der Waals surface area contributed by atoms with Gasteiger partial charge in [-0.05, 0) is 19.9 Å². The van der Waals surface area contributed by atoms with Crippen molar-refractivity contribution in [2.75, 3.05) is 0 Å². The molecule has 4 nitrogen and oxygen atoms in total. The summed E-state index contributed by atoms with van der Waals surface area (Å²) in [5.74, 6) is -1.31. The molecule has 0 atom stereocenters. The van der Waals surface area contributed by atoms with Crippen molar-refractivity contribution in [3.63, 3.8) is 0 Å².